The van der Waals surface area contributed by atoms with Crippen molar-refractivity contribution in [1.82, 2.24) is 16.2 Å². The molecule has 0 aliphatic rings. The van der Waals surface area contributed by atoms with E-state index in [1.54, 1.807) is 31.4 Å². The predicted octanol–water partition coefficient (Wildman–Crippen LogP) is 0.538. The van der Waals surface area contributed by atoms with E-state index in [1.807, 2.05) is 35.8 Å². The van der Waals surface area contributed by atoms with Crippen molar-refractivity contribution < 1.29 is 23.9 Å². The molecule has 0 saturated heterocycles. The predicted molar refractivity (Wildman–Crippen MR) is 93.1 cm³/mol. The second-order valence-corrected chi connectivity index (χ2v) is 5.13. The summed E-state index contributed by atoms with van der Waals surface area (Å²) in [7, 11) is 1.54. The highest BCUT2D eigenvalue weighted by atomic mass is 16.5. The number of carbonyl (C=O) groups is 3. The van der Waals surface area contributed by atoms with E-state index in [2.05, 4.69) is 10.7 Å². The quantitative estimate of drug-likeness (QED) is 0.517. The van der Waals surface area contributed by atoms with Crippen molar-refractivity contribution in [1.29, 1.82) is 0 Å². The number of methoxy groups -OCH3 is 1. The summed E-state index contributed by atoms with van der Waals surface area (Å²) in [4.78, 5) is 34.9. The molecule has 0 bridgehead atoms. The van der Waals surface area contributed by atoms with Gasteiger partial charge in [-0.15, -0.1) is 0 Å². The number of hydrazine groups is 1. The number of ether oxygens (including phenoxy) is 2. The molecule has 2 aromatic carbocycles. The van der Waals surface area contributed by atoms with Crippen LogP contribution >= 0.6 is 0 Å². The first-order chi connectivity index (χ1) is 12.6. The zero-order valence-corrected chi connectivity index (χ0v) is 14.2. The molecule has 0 aliphatic carbocycles. The summed E-state index contributed by atoms with van der Waals surface area (Å²) >= 11 is 0. The SMILES string of the molecule is COc1ccc(OCC(=O)NNC(=O)C(=O)NCc2ccccc2)cc1. The van der Waals surface area contributed by atoms with E-state index in [4.69, 9.17) is 9.47 Å². The maximum Gasteiger partial charge on any atom is 0.327 e. The first kappa shape index (κ1) is 18.8. The molecule has 2 aromatic rings. The number of rotatable bonds is 6. The Morgan fingerprint density at radius 3 is 2.15 bits per heavy atom. The lowest BCUT2D eigenvalue weighted by molar-refractivity contribution is -0.141. The van der Waals surface area contributed by atoms with E-state index in [0.29, 0.717) is 11.5 Å². The normalized spacial score (nSPS) is 9.73. The lowest BCUT2D eigenvalue weighted by Crippen LogP contribution is -2.49. The van der Waals surface area contributed by atoms with Gasteiger partial charge in [-0.1, -0.05) is 30.3 Å². The molecule has 26 heavy (non-hydrogen) atoms. The summed E-state index contributed by atoms with van der Waals surface area (Å²) < 4.78 is 10.3. The molecule has 0 spiro atoms. The largest absolute Gasteiger partial charge is 0.497 e. The van der Waals surface area contributed by atoms with Gasteiger partial charge in [0.15, 0.2) is 6.61 Å². The van der Waals surface area contributed by atoms with Crippen molar-refractivity contribution in [2.24, 2.45) is 0 Å². The second kappa shape index (κ2) is 9.67. The number of benzene rings is 2. The molecule has 0 unspecified atom stereocenters. The fourth-order valence-electron chi connectivity index (χ4n) is 1.90. The van der Waals surface area contributed by atoms with Gasteiger partial charge in [-0.3, -0.25) is 25.2 Å². The lowest BCUT2D eigenvalue weighted by atomic mass is 10.2. The van der Waals surface area contributed by atoms with Crippen LogP contribution in [0.15, 0.2) is 54.6 Å². The molecule has 0 atom stereocenters. The summed E-state index contributed by atoms with van der Waals surface area (Å²) in [5.74, 6) is -1.31. The molecule has 2 rings (SSSR count). The maximum atomic E-state index is 11.7. The third-order valence-electron chi connectivity index (χ3n) is 3.25. The minimum absolute atomic E-state index is 0.210. The average Bonchev–Trinajstić information content (AvgIpc) is 2.69. The van der Waals surface area contributed by atoms with Gasteiger partial charge in [0, 0.05) is 6.54 Å². The number of hydrogen-bond acceptors (Lipinski definition) is 5. The van der Waals surface area contributed by atoms with Crippen LogP contribution in [0.2, 0.25) is 0 Å². The number of amides is 3. The van der Waals surface area contributed by atoms with Gasteiger partial charge >= 0.3 is 11.8 Å². The number of carbonyl (C=O) groups excluding carboxylic acids is 3. The molecule has 0 aromatic heterocycles. The van der Waals surface area contributed by atoms with Gasteiger partial charge in [0.1, 0.15) is 11.5 Å². The molecule has 0 radical (unpaired) electrons. The third-order valence-corrected chi connectivity index (χ3v) is 3.25. The monoisotopic (exact) mass is 357 g/mol. The van der Waals surface area contributed by atoms with E-state index in [1.165, 1.54) is 0 Å². The highest BCUT2D eigenvalue weighted by Gasteiger charge is 2.14. The van der Waals surface area contributed by atoms with Crippen molar-refractivity contribution in [3.05, 3.63) is 60.2 Å². The van der Waals surface area contributed by atoms with Crippen molar-refractivity contribution in [3.63, 3.8) is 0 Å². The van der Waals surface area contributed by atoms with Crippen LogP contribution in [-0.2, 0) is 20.9 Å². The van der Waals surface area contributed by atoms with Crippen LogP contribution in [0.1, 0.15) is 5.56 Å². The van der Waals surface area contributed by atoms with Crippen molar-refractivity contribution >= 4 is 17.7 Å². The lowest BCUT2D eigenvalue weighted by Gasteiger charge is -2.09. The van der Waals surface area contributed by atoms with Crippen LogP contribution in [0.3, 0.4) is 0 Å². The van der Waals surface area contributed by atoms with Crippen LogP contribution in [0.25, 0.3) is 0 Å². The van der Waals surface area contributed by atoms with Gasteiger partial charge in [-0.05, 0) is 29.8 Å². The minimum atomic E-state index is -0.973. The molecule has 3 amide bonds. The van der Waals surface area contributed by atoms with Crippen LogP contribution in [0, 0.1) is 0 Å². The summed E-state index contributed by atoms with van der Waals surface area (Å²) in [5, 5.41) is 2.45. The Morgan fingerprint density at radius 1 is 0.846 bits per heavy atom. The summed E-state index contributed by atoms with van der Waals surface area (Å²) in [6.07, 6.45) is 0. The Hall–Kier alpha value is -3.55. The minimum Gasteiger partial charge on any atom is -0.497 e. The number of nitrogens with one attached hydrogen (secondary N) is 3. The van der Waals surface area contributed by atoms with E-state index < -0.39 is 17.7 Å². The van der Waals surface area contributed by atoms with Gasteiger partial charge in [0.05, 0.1) is 7.11 Å². The zero-order chi connectivity index (χ0) is 18.8. The van der Waals surface area contributed by atoms with Crippen molar-refractivity contribution in [3.8, 4) is 11.5 Å². The highest BCUT2D eigenvalue weighted by molar-refractivity contribution is 6.35. The van der Waals surface area contributed by atoms with Gasteiger partial charge in [-0.25, -0.2) is 0 Å². The summed E-state index contributed by atoms with van der Waals surface area (Å²) in [6.45, 7) is -0.111. The van der Waals surface area contributed by atoms with Crippen LogP contribution in [-0.4, -0.2) is 31.4 Å². The van der Waals surface area contributed by atoms with E-state index in [-0.39, 0.29) is 13.2 Å². The fourth-order valence-corrected chi connectivity index (χ4v) is 1.90. The number of hydrogen-bond donors (Lipinski definition) is 3. The fraction of sp³-hybridized carbons (Fsp3) is 0.167. The standard InChI is InChI=1S/C18H19N3O5/c1-25-14-7-9-15(10-8-14)26-12-16(22)20-21-18(24)17(23)19-11-13-5-3-2-4-6-13/h2-10H,11-12H2,1H3,(H,19,23)(H,20,22)(H,21,24). The molecule has 3 N–H and O–H groups in total. The molecule has 0 aliphatic heterocycles. The Balaban J connectivity index is 1.67. The molecule has 8 nitrogen and oxygen atoms in total. The van der Waals surface area contributed by atoms with Crippen molar-refractivity contribution in [2.45, 2.75) is 6.54 Å². The molecule has 136 valence electrons. The first-order valence-electron chi connectivity index (χ1n) is 7.76. The Bertz CT molecular complexity index is 747. The van der Waals surface area contributed by atoms with Gasteiger partial charge in [0.25, 0.3) is 5.91 Å². The van der Waals surface area contributed by atoms with Crippen LogP contribution in [0.4, 0.5) is 0 Å². The average molecular weight is 357 g/mol. The van der Waals surface area contributed by atoms with Gasteiger partial charge in [-0.2, -0.15) is 0 Å². The van der Waals surface area contributed by atoms with E-state index in [9.17, 15) is 14.4 Å². The maximum absolute atomic E-state index is 11.7. The summed E-state index contributed by atoms with van der Waals surface area (Å²) in [5.41, 5.74) is 4.98. The van der Waals surface area contributed by atoms with Gasteiger partial charge < -0.3 is 14.8 Å². The van der Waals surface area contributed by atoms with Crippen LogP contribution < -0.4 is 25.6 Å². The topological polar surface area (TPSA) is 106 Å². The molecule has 0 fully saturated rings. The Morgan fingerprint density at radius 2 is 1.50 bits per heavy atom. The zero-order valence-electron chi connectivity index (χ0n) is 14.2. The van der Waals surface area contributed by atoms with E-state index >= 15 is 0 Å². The summed E-state index contributed by atoms with van der Waals surface area (Å²) in [6, 6.07) is 15.8. The molecule has 0 heterocycles. The smallest absolute Gasteiger partial charge is 0.327 e. The first-order valence-corrected chi connectivity index (χ1v) is 7.76. The van der Waals surface area contributed by atoms with Crippen molar-refractivity contribution in [2.75, 3.05) is 13.7 Å². The third kappa shape index (κ3) is 6.16. The molecular formula is C18H19N3O5. The molecule has 8 heteroatoms. The van der Waals surface area contributed by atoms with Gasteiger partial charge in [0.2, 0.25) is 0 Å². The molecular weight excluding hydrogens is 338 g/mol. The molecule has 0 saturated carbocycles. The van der Waals surface area contributed by atoms with E-state index in [0.717, 1.165) is 5.56 Å². The second-order valence-electron chi connectivity index (χ2n) is 5.13. The Labute approximate surface area is 150 Å². The van der Waals surface area contributed by atoms with Crippen LogP contribution in [0.5, 0.6) is 11.5 Å². The highest BCUT2D eigenvalue weighted by Crippen LogP contribution is 2.16. The Kier molecular flexibility index (Phi) is 6.99.